The molecule has 0 heterocycles. The van der Waals surface area contributed by atoms with Crippen LogP contribution in [0.4, 0.5) is 0 Å². The summed E-state index contributed by atoms with van der Waals surface area (Å²) in [4.78, 5) is 0. The van der Waals surface area contributed by atoms with Crippen molar-refractivity contribution in [3.05, 3.63) is 82.4 Å². The molecule has 0 aliphatic carbocycles. The summed E-state index contributed by atoms with van der Waals surface area (Å²) in [5.74, 6) is 6.60. The lowest BCUT2D eigenvalue weighted by Gasteiger charge is -2.13. The molecule has 35 heavy (non-hydrogen) atoms. The van der Waals surface area contributed by atoms with Crippen molar-refractivity contribution in [2.75, 3.05) is 0 Å². The van der Waals surface area contributed by atoms with Gasteiger partial charge in [0.2, 0.25) is 0 Å². The first-order valence-electron chi connectivity index (χ1n) is 14.3. The van der Waals surface area contributed by atoms with E-state index in [0.717, 1.165) is 12.8 Å². The molecule has 0 fully saturated rings. The van der Waals surface area contributed by atoms with Crippen LogP contribution in [0.1, 0.15) is 126 Å². The van der Waals surface area contributed by atoms with Crippen LogP contribution in [-0.4, -0.2) is 0 Å². The molecule has 2 aromatic rings. The molecule has 0 heteroatoms. The van der Waals surface area contributed by atoms with Gasteiger partial charge in [-0.3, -0.25) is 0 Å². The first kappa shape index (κ1) is 28.7. The van der Waals surface area contributed by atoms with Crippen LogP contribution in [0.2, 0.25) is 0 Å². The van der Waals surface area contributed by atoms with E-state index < -0.39 is 0 Å². The van der Waals surface area contributed by atoms with Crippen molar-refractivity contribution < 1.29 is 0 Å². The summed E-state index contributed by atoms with van der Waals surface area (Å²) in [6.45, 7) is 6.53. The van der Waals surface area contributed by atoms with E-state index in [9.17, 15) is 0 Å². The number of allylic oxidation sites excluding steroid dienone is 2. The molecule has 0 aliphatic rings. The van der Waals surface area contributed by atoms with E-state index in [1.54, 1.807) is 0 Å². The van der Waals surface area contributed by atoms with Gasteiger partial charge in [0.15, 0.2) is 0 Å². The van der Waals surface area contributed by atoms with Gasteiger partial charge in [-0.05, 0) is 60.9 Å². The highest BCUT2D eigenvalue weighted by Crippen LogP contribution is 2.23. The highest BCUT2D eigenvalue weighted by molar-refractivity contribution is 5.62. The van der Waals surface area contributed by atoms with Crippen LogP contribution < -0.4 is 0 Å². The number of rotatable bonds is 17. The number of hydrogen-bond donors (Lipinski definition) is 0. The normalized spacial score (nSPS) is 11.3. The predicted molar refractivity (Wildman–Crippen MR) is 158 cm³/mol. The summed E-state index contributed by atoms with van der Waals surface area (Å²) in [6.07, 6.45) is 27.1. The van der Waals surface area contributed by atoms with Gasteiger partial charge in [0.05, 0.1) is 0 Å². The maximum atomic E-state index is 3.42. The number of hydrogen-bond acceptors (Lipinski definition) is 0. The fraction of sp³-hybridized carbons (Fsp3) is 0.486. The Hall–Kier alpha value is -2.52. The van der Waals surface area contributed by atoms with Crippen LogP contribution in [0.5, 0.6) is 0 Å². The molecule has 0 saturated heterocycles. The molecule has 0 nitrogen and oxygen atoms in total. The van der Waals surface area contributed by atoms with Crippen LogP contribution in [0.15, 0.2) is 54.6 Å². The second-order valence-corrected chi connectivity index (χ2v) is 9.75. The molecule has 0 saturated carbocycles. The third kappa shape index (κ3) is 12.1. The summed E-state index contributed by atoms with van der Waals surface area (Å²) in [7, 11) is 0. The van der Waals surface area contributed by atoms with E-state index in [-0.39, 0.29) is 0 Å². The van der Waals surface area contributed by atoms with E-state index in [1.807, 2.05) is 6.92 Å². The predicted octanol–water partition coefficient (Wildman–Crippen LogP) is 10.6. The number of unbranched alkanes of at least 4 members (excludes halogenated alkanes) is 10. The van der Waals surface area contributed by atoms with Gasteiger partial charge >= 0.3 is 0 Å². The van der Waals surface area contributed by atoms with Gasteiger partial charge in [-0.2, -0.15) is 0 Å². The average Bonchev–Trinajstić information content (AvgIpc) is 2.88. The minimum atomic E-state index is 1.13. The molecular formula is C35H48. The molecule has 0 bridgehead atoms. The van der Waals surface area contributed by atoms with Crippen molar-refractivity contribution in [1.82, 2.24) is 0 Å². The fourth-order valence-electron chi connectivity index (χ4n) is 4.62. The lowest BCUT2D eigenvalue weighted by atomic mass is 9.92. The zero-order valence-electron chi connectivity index (χ0n) is 22.8. The standard InChI is InChI=1S/C35H48/c1-4-7-9-11-13-18-26-33-30-35(28-21-20-25-31-23-16-15-17-24-31)34(29-32(33)22-6-3)27-19-14-12-10-8-5-2/h15-17,20-21,23-25,28-30H,4-5,7-14,18-19,26-27H2,1-3H3/b25-20+,28-21+. The smallest absolute Gasteiger partial charge is 0.0280 e. The van der Waals surface area contributed by atoms with Crippen LogP contribution in [-0.2, 0) is 12.8 Å². The Morgan fingerprint density at radius 3 is 1.83 bits per heavy atom. The van der Waals surface area contributed by atoms with E-state index in [2.05, 4.69) is 92.5 Å². The molecule has 0 radical (unpaired) electrons. The van der Waals surface area contributed by atoms with Gasteiger partial charge in [-0.1, -0.05) is 145 Å². The summed E-state index contributed by atoms with van der Waals surface area (Å²) in [6, 6.07) is 15.4. The topological polar surface area (TPSA) is 0 Å². The number of aryl methyl sites for hydroxylation is 2. The van der Waals surface area contributed by atoms with Crippen molar-refractivity contribution in [1.29, 1.82) is 0 Å². The molecule has 2 aromatic carbocycles. The molecule has 2 rings (SSSR count). The quantitative estimate of drug-likeness (QED) is 0.123. The van der Waals surface area contributed by atoms with Crippen LogP contribution in [0.25, 0.3) is 12.2 Å². The maximum Gasteiger partial charge on any atom is 0.0280 e. The van der Waals surface area contributed by atoms with Crippen molar-refractivity contribution in [3.8, 4) is 11.8 Å². The zero-order valence-corrected chi connectivity index (χ0v) is 22.8. The van der Waals surface area contributed by atoms with E-state index in [1.165, 1.54) is 105 Å². The third-order valence-corrected chi connectivity index (χ3v) is 6.70. The Bertz CT molecular complexity index is 933. The summed E-state index contributed by atoms with van der Waals surface area (Å²) >= 11 is 0. The largest absolute Gasteiger partial charge is 0.101 e. The number of benzene rings is 2. The summed E-state index contributed by atoms with van der Waals surface area (Å²) in [5, 5.41) is 0. The molecule has 0 atom stereocenters. The van der Waals surface area contributed by atoms with Gasteiger partial charge in [-0.15, -0.1) is 5.92 Å². The first-order valence-corrected chi connectivity index (χ1v) is 14.3. The molecule has 0 spiro atoms. The second kappa shape index (κ2) is 18.8. The molecule has 0 N–H and O–H groups in total. The molecule has 0 aliphatic heterocycles. The highest BCUT2D eigenvalue weighted by Gasteiger charge is 2.08. The van der Waals surface area contributed by atoms with Crippen LogP contribution in [0, 0.1) is 11.8 Å². The van der Waals surface area contributed by atoms with Gasteiger partial charge < -0.3 is 0 Å². The Morgan fingerprint density at radius 2 is 1.20 bits per heavy atom. The van der Waals surface area contributed by atoms with E-state index in [0.29, 0.717) is 0 Å². The van der Waals surface area contributed by atoms with Crippen LogP contribution >= 0.6 is 0 Å². The third-order valence-electron chi connectivity index (χ3n) is 6.70. The van der Waals surface area contributed by atoms with Gasteiger partial charge in [-0.25, -0.2) is 0 Å². The van der Waals surface area contributed by atoms with Crippen molar-refractivity contribution in [2.24, 2.45) is 0 Å². The minimum Gasteiger partial charge on any atom is -0.101 e. The Morgan fingerprint density at radius 1 is 0.629 bits per heavy atom. The lowest BCUT2D eigenvalue weighted by Crippen LogP contribution is -1.98. The molecule has 0 aromatic heterocycles. The molecule has 0 unspecified atom stereocenters. The Kier molecular flexibility index (Phi) is 15.4. The average molecular weight is 469 g/mol. The first-order chi connectivity index (χ1) is 17.3. The van der Waals surface area contributed by atoms with E-state index in [4.69, 9.17) is 0 Å². The minimum absolute atomic E-state index is 1.13. The fourth-order valence-corrected chi connectivity index (χ4v) is 4.62. The van der Waals surface area contributed by atoms with Crippen molar-refractivity contribution in [2.45, 2.75) is 111 Å². The van der Waals surface area contributed by atoms with Crippen molar-refractivity contribution in [3.63, 3.8) is 0 Å². The SMILES string of the molecule is CC#Cc1cc(CCCCCCCC)c(/C=C/C=C/c2ccccc2)cc1CCCCCCCC. The van der Waals surface area contributed by atoms with Gasteiger partial charge in [0.1, 0.15) is 0 Å². The van der Waals surface area contributed by atoms with E-state index >= 15 is 0 Å². The highest BCUT2D eigenvalue weighted by atomic mass is 14.1. The summed E-state index contributed by atoms with van der Waals surface area (Å²) in [5.41, 5.74) is 6.74. The van der Waals surface area contributed by atoms with Gasteiger partial charge in [0.25, 0.3) is 0 Å². The zero-order chi connectivity index (χ0) is 25.0. The maximum absolute atomic E-state index is 3.42. The summed E-state index contributed by atoms with van der Waals surface area (Å²) < 4.78 is 0. The van der Waals surface area contributed by atoms with Crippen LogP contribution in [0.3, 0.4) is 0 Å². The van der Waals surface area contributed by atoms with Gasteiger partial charge in [0, 0.05) is 5.56 Å². The molecule has 188 valence electrons. The monoisotopic (exact) mass is 468 g/mol. The Labute approximate surface area is 217 Å². The lowest BCUT2D eigenvalue weighted by molar-refractivity contribution is 0.605. The molecule has 0 amide bonds. The molecular weight excluding hydrogens is 420 g/mol. The second-order valence-electron chi connectivity index (χ2n) is 9.75. The van der Waals surface area contributed by atoms with Crippen molar-refractivity contribution >= 4 is 12.2 Å². The Balaban J connectivity index is 2.15.